The van der Waals surface area contributed by atoms with Crippen LogP contribution in [0.2, 0.25) is 0 Å². The molecule has 1 fully saturated rings. The Labute approximate surface area is 186 Å². The van der Waals surface area contributed by atoms with Crippen LogP contribution in [0.5, 0.6) is 0 Å². The molecule has 0 saturated carbocycles. The molecule has 170 valence electrons. The van der Waals surface area contributed by atoms with Gasteiger partial charge in [0.05, 0.1) is 6.04 Å². The fourth-order valence-corrected chi connectivity index (χ4v) is 3.88. The lowest BCUT2D eigenvalue weighted by Gasteiger charge is -2.29. The van der Waals surface area contributed by atoms with Crippen LogP contribution in [0.3, 0.4) is 0 Å². The molecular formula is C24H27F2N3O3. The lowest BCUT2D eigenvalue weighted by atomic mass is 9.85. The number of unbranched alkanes of at least 4 members (excludes halogenated alkanes) is 1. The molecule has 0 aromatic heterocycles. The van der Waals surface area contributed by atoms with E-state index in [1.54, 1.807) is 26.1 Å². The summed E-state index contributed by atoms with van der Waals surface area (Å²) in [5, 5.41) is 2.75. The molecule has 0 aliphatic carbocycles. The Kier molecular flexibility index (Phi) is 6.91. The van der Waals surface area contributed by atoms with E-state index in [1.807, 2.05) is 6.92 Å². The first-order valence-corrected chi connectivity index (χ1v) is 10.6. The molecule has 0 spiro atoms. The lowest BCUT2D eigenvalue weighted by Crippen LogP contribution is -2.45. The Hall–Kier alpha value is -3.29. The highest BCUT2D eigenvalue weighted by Crippen LogP contribution is 2.34. The van der Waals surface area contributed by atoms with Crippen molar-refractivity contribution >= 4 is 17.8 Å². The fraction of sp³-hybridized carbons (Fsp3) is 0.375. The second kappa shape index (κ2) is 9.46. The van der Waals surface area contributed by atoms with E-state index in [2.05, 4.69) is 5.32 Å². The number of halogens is 2. The summed E-state index contributed by atoms with van der Waals surface area (Å²) in [6, 6.07) is 10.2. The van der Waals surface area contributed by atoms with Gasteiger partial charge in [-0.25, -0.2) is 13.6 Å². The first kappa shape index (κ1) is 23.4. The average Bonchev–Trinajstić information content (AvgIpc) is 3.02. The molecule has 1 aliphatic rings. The molecule has 1 aliphatic heterocycles. The van der Waals surface area contributed by atoms with Gasteiger partial charge in [0.15, 0.2) is 0 Å². The molecule has 2 aromatic rings. The van der Waals surface area contributed by atoms with Crippen molar-refractivity contribution in [2.24, 2.45) is 0 Å². The highest BCUT2D eigenvalue weighted by atomic mass is 19.1. The normalized spacial score (nSPS) is 19.1. The second-order valence-corrected chi connectivity index (χ2v) is 8.07. The van der Waals surface area contributed by atoms with Gasteiger partial charge in [-0.3, -0.25) is 14.5 Å². The quantitative estimate of drug-likeness (QED) is 0.624. The molecule has 2 aromatic carbocycles. The van der Waals surface area contributed by atoms with Crippen molar-refractivity contribution in [2.75, 3.05) is 13.6 Å². The zero-order valence-electron chi connectivity index (χ0n) is 18.4. The minimum Gasteiger partial charge on any atom is -0.337 e. The van der Waals surface area contributed by atoms with Crippen LogP contribution in [0.25, 0.3) is 0 Å². The molecule has 1 heterocycles. The van der Waals surface area contributed by atoms with E-state index in [1.165, 1.54) is 41.3 Å². The predicted molar refractivity (Wildman–Crippen MR) is 115 cm³/mol. The molecule has 4 amide bonds. The summed E-state index contributed by atoms with van der Waals surface area (Å²) >= 11 is 0. The maximum absolute atomic E-state index is 13.4. The third kappa shape index (κ3) is 4.49. The molecule has 2 atom stereocenters. The first-order chi connectivity index (χ1) is 15.2. The zero-order valence-corrected chi connectivity index (χ0v) is 18.4. The Morgan fingerprint density at radius 2 is 1.62 bits per heavy atom. The van der Waals surface area contributed by atoms with Crippen LogP contribution in [0.4, 0.5) is 13.6 Å². The summed E-state index contributed by atoms with van der Waals surface area (Å²) in [7, 11) is 1.57. The van der Waals surface area contributed by atoms with Crippen molar-refractivity contribution in [2.45, 2.75) is 44.7 Å². The summed E-state index contributed by atoms with van der Waals surface area (Å²) in [6.45, 7) is 3.32. The van der Waals surface area contributed by atoms with Crippen LogP contribution < -0.4 is 5.32 Å². The van der Waals surface area contributed by atoms with Gasteiger partial charge >= 0.3 is 6.03 Å². The molecule has 32 heavy (non-hydrogen) atoms. The molecule has 1 N–H and O–H groups in total. The number of amides is 4. The van der Waals surface area contributed by atoms with Crippen molar-refractivity contribution in [3.05, 3.63) is 71.3 Å². The number of benzene rings is 2. The fourth-order valence-electron chi connectivity index (χ4n) is 3.88. The van der Waals surface area contributed by atoms with E-state index in [0.29, 0.717) is 18.4 Å². The van der Waals surface area contributed by atoms with Crippen LogP contribution in [0.15, 0.2) is 48.5 Å². The molecule has 0 bridgehead atoms. The summed E-state index contributed by atoms with van der Waals surface area (Å²) in [5.41, 5.74) is -0.126. The number of carbonyl (C=O) groups is 3. The number of hydrogen-bond acceptors (Lipinski definition) is 3. The standard InChI is InChI=1S/C24H27F2N3O3/c1-4-5-14-24(18-8-12-20(26)13-9-18)22(31)29(23(32)27-24)15-21(30)28(3)16(2)17-6-10-19(25)11-7-17/h6-13,16H,4-5,14-15H2,1-3H3,(H,27,32). The number of rotatable bonds is 8. The average molecular weight is 443 g/mol. The Morgan fingerprint density at radius 3 is 2.19 bits per heavy atom. The van der Waals surface area contributed by atoms with Crippen molar-refractivity contribution in [1.29, 1.82) is 0 Å². The highest BCUT2D eigenvalue weighted by Gasteiger charge is 2.52. The predicted octanol–water partition coefficient (Wildman–Crippen LogP) is 4.12. The highest BCUT2D eigenvalue weighted by molar-refractivity contribution is 6.09. The molecule has 3 rings (SSSR count). The number of carbonyl (C=O) groups excluding carboxylic acids is 3. The molecule has 8 heteroatoms. The van der Waals surface area contributed by atoms with E-state index in [9.17, 15) is 23.2 Å². The molecular weight excluding hydrogens is 416 g/mol. The van der Waals surface area contributed by atoms with Gasteiger partial charge in [0.1, 0.15) is 23.7 Å². The lowest BCUT2D eigenvalue weighted by molar-refractivity contribution is -0.139. The summed E-state index contributed by atoms with van der Waals surface area (Å²) in [4.78, 5) is 41.4. The minimum absolute atomic E-state index is 0.340. The summed E-state index contributed by atoms with van der Waals surface area (Å²) < 4.78 is 26.6. The topological polar surface area (TPSA) is 69.7 Å². The third-order valence-corrected chi connectivity index (χ3v) is 6.04. The SMILES string of the molecule is CCCCC1(c2ccc(F)cc2)NC(=O)N(CC(=O)N(C)C(C)c2ccc(F)cc2)C1=O. The van der Waals surface area contributed by atoms with Crippen LogP contribution in [0, 0.1) is 11.6 Å². The van der Waals surface area contributed by atoms with E-state index < -0.39 is 35.7 Å². The first-order valence-electron chi connectivity index (χ1n) is 10.6. The zero-order chi connectivity index (χ0) is 23.5. The number of likely N-dealkylation sites (N-methyl/N-ethyl adjacent to an activating group) is 1. The third-order valence-electron chi connectivity index (χ3n) is 6.04. The monoisotopic (exact) mass is 443 g/mol. The number of imide groups is 1. The van der Waals surface area contributed by atoms with Crippen molar-refractivity contribution < 1.29 is 23.2 Å². The van der Waals surface area contributed by atoms with Crippen LogP contribution in [-0.2, 0) is 15.1 Å². The van der Waals surface area contributed by atoms with Gasteiger partial charge in [-0.15, -0.1) is 0 Å². The summed E-state index contributed by atoms with van der Waals surface area (Å²) in [5.74, 6) is -1.78. The number of urea groups is 1. The second-order valence-electron chi connectivity index (χ2n) is 8.07. The molecule has 2 unspecified atom stereocenters. The number of nitrogens with zero attached hydrogens (tertiary/aromatic N) is 2. The van der Waals surface area contributed by atoms with Crippen molar-refractivity contribution in [3.8, 4) is 0 Å². The van der Waals surface area contributed by atoms with Gasteiger partial charge in [-0.2, -0.15) is 0 Å². The van der Waals surface area contributed by atoms with Gasteiger partial charge < -0.3 is 10.2 Å². The van der Waals surface area contributed by atoms with E-state index in [-0.39, 0.29) is 11.9 Å². The smallest absolute Gasteiger partial charge is 0.325 e. The number of nitrogens with one attached hydrogen (secondary N) is 1. The number of hydrogen-bond donors (Lipinski definition) is 1. The van der Waals surface area contributed by atoms with Gasteiger partial charge in [-0.1, -0.05) is 44.0 Å². The Bertz CT molecular complexity index is 995. The van der Waals surface area contributed by atoms with E-state index in [0.717, 1.165) is 16.9 Å². The maximum Gasteiger partial charge on any atom is 0.325 e. The van der Waals surface area contributed by atoms with E-state index in [4.69, 9.17) is 0 Å². The van der Waals surface area contributed by atoms with Crippen molar-refractivity contribution in [1.82, 2.24) is 15.1 Å². The van der Waals surface area contributed by atoms with Gasteiger partial charge in [-0.05, 0) is 48.7 Å². The molecule has 6 nitrogen and oxygen atoms in total. The Balaban J connectivity index is 1.81. The van der Waals surface area contributed by atoms with Crippen molar-refractivity contribution in [3.63, 3.8) is 0 Å². The van der Waals surface area contributed by atoms with Gasteiger partial charge in [0, 0.05) is 7.05 Å². The van der Waals surface area contributed by atoms with Crippen LogP contribution >= 0.6 is 0 Å². The largest absolute Gasteiger partial charge is 0.337 e. The minimum atomic E-state index is -1.33. The summed E-state index contributed by atoms with van der Waals surface area (Å²) in [6.07, 6.45) is 1.79. The Morgan fingerprint density at radius 1 is 1.06 bits per heavy atom. The van der Waals surface area contributed by atoms with Gasteiger partial charge in [0.25, 0.3) is 5.91 Å². The van der Waals surface area contributed by atoms with E-state index >= 15 is 0 Å². The van der Waals surface area contributed by atoms with Gasteiger partial charge in [0.2, 0.25) is 5.91 Å². The van der Waals surface area contributed by atoms with Crippen LogP contribution in [0.1, 0.15) is 50.3 Å². The van der Waals surface area contributed by atoms with Crippen LogP contribution in [-0.4, -0.2) is 41.2 Å². The molecule has 1 saturated heterocycles. The maximum atomic E-state index is 13.4. The molecule has 0 radical (unpaired) electrons.